The number of carbonyl (C=O) groups is 1. The summed E-state index contributed by atoms with van der Waals surface area (Å²) in [7, 11) is 0. The van der Waals surface area contributed by atoms with Crippen LogP contribution >= 0.6 is 11.3 Å². The van der Waals surface area contributed by atoms with Gasteiger partial charge in [0.1, 0.15) is 0 Å². The minimum atomic E-state index is 0.190. The summed E-state index contributed by atoms with van der Waals surface area (Å²) in [6, 6.07) is 7.92. The van der Waals surface area contributed by atoms with E-state index in [9.17, 15) is 4.79 Å². The zero-order valence-corrected chi connectivity index (χ0v) is 15.9. The molecule has 0 bridgehead atoms. The minimum Gasteiger partial charge on any atom is -0.357 e. The van der Waals surface area contributed by atoms with E-state index in [1.165, 1.54) is 10.4 Å². The van der Waals surface area contributed by atoms with Crippen molar-refractivity contribution in [2.24, 2.45) is 4.99 Å². The van der Waals surface area contributed by atoms with E-state index in [1.807, 2.05) is 30.0 Å². The summed E-state index contributed by atoms with van der Waals surface area (Å²) in [6.45, 7) is 5.44. The number of fused-ring (bicyclic) bond motifs is 1. The molecule has 1 amide bonds. The Morgan fingerprint density at radius 1 is 1.35 bits per heavy atom. The van der Waals surface area contributed by atoms with Crippen LogP contribution in [0.3, 0.4) is 0 Å². The summed E-state index contributed by atoms with van der Waals surface area (Å²) >= 11 is 1.79. The largest absolute Gasteiger partial charge is 0.357 e. The lowest BCUT2D eigenvalue weighted by molar-refractivity contribution is -0.131. The SMILES string of the molecule is CCNC(=NCc1ccccn1)NCCC(=O)N1CCc2sccc2C1. The van der Waals surface area contributed by atoms with E-state index >= 15 is 0 Å². The monoisotopic (exact) mass is 371 g/mol. The van der Waals surface area contributed by atoms with Crippen LogP contribution in [0.25, 0.3) is 0 Å². The molecule has 2 aromatic heterocycles. The Morgan fingerprint density at radius 2 is 2.27 bits per heavy atom. The number of nitrogens with zero attached hydrogens (tertiary/aromatic N) is 3. The lowest BCUT2D eigenvalue weighted by Gasteiger charge is -2.27. The summed E-state index contributed by atoms with van der Waals surface area (Å²) in [5, 5.41) is 8.56. The van der Waals surface area contributed by atoms with Crippen molar-refractivity contribution >= 4 is 23.2 Å². The van der Waals surface area contributed by atoms with Crippen LogP contribution in [0.5, 0.6) is 0 Å². The molecule has 1 aliphatic heterocycles. The van der Waals surface area contributed by atoms with Crippen molar-refractivity contribution in [1.29, 1.82) is 0 Å². The summed E-state index contributed by atoms with van der Waals surface area (Å²) in [5.41, 5.74) is 2.22. The molecule has 0 aliphatic carbocycles. The van der Waals surface area contributed by atoms with Gasteiger partial charge in [0.15, 0.2) is 5.96 Å². The average Bonchev–Trinajstić information content (AvgIpc) is 3.14. The topological polar surface area (TPSA) is 69.6 Å². The van der Waals surface area contributed by atoms with Crippen molar-refractivity contribution in [3.63, 3.8) is 0 Å². The first kappa shape index (κ1) is 18.4. The van der Waals surface area contributed by atoms with Gasteiger partial charge >= 0.3 is 0 Å². The number of guanidine groups is 1. The van der Waals surface area contributed by atoms with Crippen LogP contribution in [0, 0.1) is 0 Å². The first-order valence-corrected chi connectivity index (χ1v) is 9.89. The molecule has 0 radical (unpaired) electrons. The predicted octanol–water partition coefficient (Wildman–Crippen LogP) is 2.17. The molecule has 138 valence electrons. The van der Waals surface area contributed by atoms with Crippen molar-refractivity contribution in [3.8, 4) is 0 Å². The van der Waals surface area contributed by atoms with E-state index in [0.717, 1.165) is 31.7 Å². The van der Waals surface area contributed by atoms with Crippen molar-refractivity contribution in [2.75, 3.05) is 19.6 Å². The second kappa shape index (κ2) is 9.33. The molecule has 0 saturated carbocycles. The summed E-state index contributed by atoms with van der Waals surface area (Å²) in [6.07, 6.45) is 3.20. The maximum absolute atomic E-state index is 12.5. The van der Waals surface area contributed by atoms with Crippen molar-refractivity contribution in [2.45, 2.75) is 32.9 Å². The van der Waals surface area contributed by atoms with Crippen LogP contribution in [-0.4, -0.2) is 41.4 Å². The van der Waals surface area contributed by atoms with Gasteiger partial charge in [-0.25, -0.2) is 4.99 Å². The Balaban J connectivity index is 1.46. The second-order valence-corrected chi connectivity index (χ2v) is 7.13. The molecule has 0 saturated heterocycles. The number of rotatable bonds is 6. The lowest BCUT2D eigenvalue weighted by atomic mass is 10.1. The molecule has 3 heterocycles. The fraction of sp³-hybridized carbons (Fsp3) is 0.421. The highest BCUT2D eigenvalue weighted by Crippen LogP contribution is 2.24. The Bertz CT molecular complexity index is 743. The molecule has 1 aliphatic rings. The predicted molar refractivity (Wildman–Crippen MR) is 105 cm³/mol. The number of aliphatic imine (C=N–C) groups is 1. The van der Waals surface area contributed by atoms with Gasteiger partial charge in [-0.1, -0.05) is 6.07 Å². The molecule has 0 aromatic carbocycles. The van der Waals surface area contributed by atoms with Gasteiger partial charge in [-0.15, -0.1) is 11.3 Å². The van der Waals surface area contributed by atoms with E-state index in [-0.39, 0.29) is 5.91 Å². The third-order valence-electron chi connectivity index (χ3n) is 4.26. The first-order valence-electron chi connectivity index (χ1n) is 9.01. The third-order valence-corrected chi connectivity index (χ3v) is 5.28. The van der Waals surface area contributed by atoms with Gasteiger partial charge in [0, 0.05) is 43.7 Å². The van der Waals surface area contributed by atoms with Gasteiger partial charge in [0.25, 0.3) is 0 Å². The van der Waals surface area contributed by atoms with Crippen LogP contribution < -0.4 is 10.6 Å². The zero-order chi connectivity index (χ0) is 18.2. The van der Waals surface area contributed by atoms with E-state index in [1.54, 1.807) is 17.5 Å². The first-order chi connectivity index (χ1) is 12.8. The van der Waals surface area contributed by atoms with Crippen LogP contribution in [0.2, 0.25) is 0 Å². The van der Waals surface area contributed by atoms with Crippen LogP contribution in [0.15, 0.2) is 40.8 Å². The Hall–Kier alpha value is -2.41. The normalized spacial score (nSPS) is 14.0. The van der Waals surface area contributed by atoms with Gasteiger partial charge in [0.05, 0.1) is 12.2 Å². The molecular weight excluding hydrogens is 346 g/mol. The Labute approximate surface area is 158 Å². The number of pyridine rings is 1. The molecule has 0 spiro atoms. The summed E-state index contributed by atoms with van der Waals surface area (Å²) in [5.74, 6) is 0.902. The minimum absolute atomic E-state index is 0.190. The molecule has 0 atom stereocenters. The molecule has 3 rings (SSSR count). The molecular formula is C19H25N5OS. The van der Waals surface area contributed by atoms with Crippen LogP contribution in [0.4, 0.5) is 0 Å². The van der Waals surface area contributed by atoms with Gasteiger partial charge in [-0.05, 0) is 42.5 Å². The lowest BCUT2D eigenvalue weighted by Crippen LogP contribution is -2.41. The number of amides is 1. The third kappa shape index (κ3) is 5.05. The number of aromatic nitrogens is 1. The number of thiophene rings is 1. The number of hydrogen-bond donors (Lipinski definition) is 2. The Morgan fingerprint density at radius 3 is 3.08 bits per heavy atom. The van der Waals surface area contributed by atoms with Gasteiger partial charge in [0.2, 0.25) is 5.91 Å². The Kier molecular flexibility index (Phi) is 6.60. The highest BCUT2D eigenvalue weighted by Gasteiger charge is 2.20. The smallest absolute Gasteiger partial charge is 0.224 e. The fourth-order valence-corrected chi connectivity index (χ4v) is 3.79. The van der Waals surface area contributed by atoms with Gasteiger partial charge < -0.3 is 15.5 Å². The number of carbonyl (C=O) groups excluding carboxylic acids is 1. The van der Waals surface area contributed by atoms with Crippen LogP contribution in [-0.2, 0) is 24.3 Å². The van der Waals surface area contributed by atoms with E-state index in [2.05, 4.69) is 32.1 Å². The molecule has 0 fully saturated rings. The molecule has 6 nitrogen and oxygen atoms in total. The highest BCUT2D eigenvalue weighted by atomic mass is 32.1. The average molecular weight is 372 g/mol. The fourth-order valence-electron chi connectivity index (χ4n) is 2.90. The van der Waals surface area contributed by atoms with Crippen molar-refractivity contribution < 1.29 is 4.79 Å². The van der Waals surface area contributed by atoms with E-state index in [4.69, 9.17) is 0 Å². The molecule has 2 N–H and O–H groups in total. The molecule has 0 unspecified atom stereocenters. The van der Waals surface area contributed by atoms with E-state index < -0.39 is 0 Å². The highest BCUT2D eigenvalue weighted by molar-refractivity contribution is 7.10. The number of nitrogens with one attached hydrogen (secondary N) is 2. The van der Waals surface area contributed by atoms with Crippen LogP contribution in [0.1, 0.15) is 29.5 Å². The second-order valence-electron chi connectivity index (χ2n) is 6.13. The van der Waals surface area contributed by atoms with E-state index in [0.29, 0.717) is 25.5 Å². The zero-order valence-electron chi connectivity index (χ0n) is 15.1. The summed E-state index contributed by atoms with van der Waals surface area (Å²) < 4.78 is 0. The van der Waals surface area contributed by atoms with Gasteiger partial charge in [-0.2, -0.15) is 0 Å². The quantitative estimate of drug-likeness (QED) is 0.603. The molecule has 7 heteroatoms. The molecule has 2 aromatic rings. The van der Waals surface area contributed by atoms with Crippen molar-refractivity contribution in [1.82, 2.24) is 20.5 Å². The number of hydrogen-bond acceptors (Lipinski definition) is 4. The summed E-state index contributed by atoms with van der Waals surface area (Å²) in [4.78, 5) is 24.6. The van der Waals surface area contributed by atoms with Gasteiger partial charge in [-0.3, -0.25) is 9.78 Å². The molecule has 26 heavy (non-hydrogen) atoms. The standard InChI is InChI=1S/C19H25N5OS/c1-2-20-19(23-13-16-5-3-4-9-21-16)22-10-6-18(25)24-11-7-17-15(14-24)8-12-26-17/h3-5,8-9,12H,2,6-7,10-11,13-14H2,1H3,(H2,20,22,23). The maximum Gasteiger partial charge on any atom is 0.224 e. The maximum atomic E-state index is 12.5. The van der Waals surface area contributed by atoms with Crippen molar-refractivity contribution in [3.05, 3.63) is 52.0 Å².